The van der Waals surface area contributed by atoms with Crippen LogP contribution in [0.1, 0.15) is 13.3 Å². The molecule has 0 aromatic carbocycles. The summed E-state index contributed by atoms with van der Waals surface area (Å²) in [6, 6.07) is -1.16. The molecule has 0 fully saturated rings. The van der Waals surface area contributed by atoms with E-state index in [-0.39, 0.29) is 13.0 Å². The number of carbonyl (C=O) groups excluding carboxylic acids is 3. The van der Waals surface area contributed by atoms with Crippen molar-refractivity contribution in [1.82, 2.24) is 5.32 Å². The summed E-state index contributed by atoms with van der Waals surface area (Å²) >= 11 is 0. The lowest BCUT2D eigenvalue weighted by atomic mass is 10.3. The van der Waals surface area contributed by atoms with Gasteiger partial charge in [0, 0.05) is 0 Å². The van der Waals surface area contributed by atoms with Gasteiger partial charge in [-0.2, -0.15) is 8.42 Å². The molecule has 0 bridgehead atoms. The number of amides is 1. The number of nitrogens with one attached hydrogen (secondary N) is 1. The van der Waals surface area contributed by atoms with E-state index < -0.39 is 46.9 Å². The van der Waals surface area contributed by atoms with Gasteiger partial charge in [-0.3, -0.25) is 14.1 Å². The average Bonchev–Trinajstić information content (AvgIpc) is 2.31. The summed E-state index contributed by atoms with van der Waals surface area (Å²) in [4.78, 5) is 32.7. The Bertz CT molecular complexity index is 418. The maximum Gasteiger partial charge on any atom is 0.332 e. The third-order valence-electron chi connectivity index (χ3n) is 1.82. The molecule has 19 heavy (non-hydrogen) atoms. The van der Waals surface area contributed by atoms with Crippen LogP contribution in [0.5, 0.6) is 0 Å². The second-order valence-electron chi connectivity index (χ2n) is 3.31. The normalized spacial score (nSPS) is 12.3. The molecule has 0 aliphatic heterocycles. The summed E-state index contributed by atoms with van der Waals surface area (Å²) in [5, 5.41) is 2.09. The molecule has 0 aromatic rings. The number of esters is 2. The first-order valence-electron chi connectivity index (χ1n) is 5.27. The van der Waals surface area contributed by atoms with E-state index >= 15 is 0 Å². The second kappa shape index (κ2) is 8.43. The summed E-state index contributed by atoms with van der Waals surface area (Å²) in [7, 11) is -4.26. The predicted molar refractivity (Wildman–Crippen MR) is 61.6 cm³/mol. The first-order chi connectivity index (χ1) is 8.80. The molecule has 10 heteroatoms. The molecular formula is C9H15NO8S. The highest BCUT2D eigenvalue weighted by molar-refractivity contribution is 7.85. The molecule has 1 unspecified atom stereocenters. The van der Waals surface area contributed by atoms with Gasteiger partial charge in [-0.25, -0.2) is 4.79 Å². The topological polar surface area (TPSA) is 136 Å². The highest BCUT2D eigenvalue weighted by Crippen LogP contribution is 1.96. The third kappa shape index (κ3) is 8.97. The van der Waals surface area contributed by atoms with Crippen LogP contribution in [0.3, 0.4) is 0 Å². The SMILES string of the molecule is CCOC(=O)C(COC(=O)CCS(=O)(=O)O)NC=O. The molecule has 9 nitrogen and oxygen atoms in total. The Morgan fingerprint density at radius 3 is 2.47 bits per heavy atom. The summed E-state index contributed by atoms with van der Waals surface area (Å²) < 4.78 is 38.4. The van der Waals surface area contributed by atoms with Crippen molar-refractivity contribution in [3.05, 3.63) is 0 Å². The Morgan fingerprint density at radius 1 is 1.37 bits per heavy atom. The Morgan fingerprint density at radius 2 is 2.00 bits per heavy atom. The molecule has 0 aromatic heterocycles. The fourth-order valence-corrected chi connectivity index (χ4v) is 1.39. The van der Waals surface area contributed by atoms with Crippen molar-refractivity contribution in [3.8, 4) is 0 Å². The molecule has 2 N–H and O–H groups in total. The molecule has 0 aliphatic carbocycles. The molecule has 0 saturated carbocycles. The summed E-state index contributed by atoms with van der Waals surface area (Å²) in [6.45, 7) is 1.17. The van der Waals surface area contributed by atoms with Crippen LogP contribution < -0.4 is 5.32 Å². The molecule has 1 amide bonds. The lowest BCUT2D eigenvalue weighted by Gasteiger charge is -2.14. The van der Waals surface area contributed by atoms with Crippen LogP contribution in [-0.4, -0.2) is 56.3 Å². The number of hydrogen-bond acceptors (Lipinski definition) is 7. The van der Waals surface area contributed by atoms with E-state index in [9.17, 15) is 22.8 Å². The van der Waals surface area contributed by atoms with Crippen molar-refractivity contribution in [3.63, 3.8) is 0 Å². The molecule has 0 aliphatic rings. The standard InChI is InChI=1S/C9H15NO8S/c1-2-17-9(13)7(10-6-11)5-18-8(12)3-4-19(14,15)16/h6-7H,2-5H2,1H3,(H,10,11)(H,14,15,16). The second-order valence-corrected chi connectivity index (χ2v) is 4.88. The predicted octanol–water partition coefficient (Wildman–Crippen LogP) is -1.51. The first-order valence-corrected chi connectivity index (χ1v) is 6.88. The minimum Gasteiger partial charge on any atom is -0.464 e. The van der Waals surface area contributed by atoms with Crippen molar-refractivity contribution in [2.45, 2.75) is 19.4 Å². The monoisotopic (exact) mass is 297 g/mol. The zero-order chi connectivity index (χ0) is 14.9. The van der Waals surface area contributed by atoms with Gasteiger partial charge in [-0.05, 0) is 6.92 Å². The number of carbonyl (C=O) groups is 3. The van der Waals surface area contributed by atoms with Crippen LogP contribution in [-0.2, 0) is 34.0 Å². The van der Waals surface area contributed by atoms with Crippen LogP contribution in [0.15, 0.2) is 0 Å². The highest BCUT2D eigenvalue weighted by Gasteiger charge is 2.21. The van der Waals surface area contributed by atoms with Gasteiger partial charge in [-0.15, -0.1) is 0 Å². The van der Waals surface area contributed by atoms with Crippen molar-refractivity contribution < 1.29 is 36.8 Å². The smallest absolute Gasteiger partial charge is 0.332 e. The largest absolute Gasteiger partial charge is 0.464 e. The van der Waals surface area contributed by atoms with Crippen LogP contribution in [0.2, 0.25) is 0 Å². The molecule has 0 heterocycles. The Hall–Kier alpha value is -1.68. The molecule has 0 spiro atoms. The zero-order valence-corrected chi connectivity index (χ0v) is 11.0. The van der Waals surface area contributed by atoms with E-state index in [1.165, 1.54) is 0 Å². The fourth-order valence-electron chi connectivity index (χ4n) is 0.970. The zero-order valence-electron chi connectivity index (χ0n) is 10.2. The van der Waals surface area contributed by atoms with E-state index in [0.717, 1.165) is 0 Å². The van der Waals surface area contributed by atoms with E-state index in [0.29, 0.717) is 0 Å². The lowest BCUT2D eigenvalue weighted by molar-refractivity contribution is -0.152. The van der Waals surface area contributed by atoms with Crippen molar-refractivity contribution in [2.24, 2.45) is 0 Å². The molecule has 110 valence electrons. The molecule has 0 saturated heterocycles. The van der Waals surface area contributed by atoms with Crippen LogP contribution in [0.4, 0.5) is 0 Å². The van der Waals surface area contributed by atoms with Gasteiger partial charge in [0.2, 0.25) is 6.41 Å². The lowest BCUT2D eigenvalue weighted by Crippen LogP contribution is -2.41. The number of hydrogen-bond donors (Lipinski definition) is 2. The summed E-state index contributed by atoms with van der Waals surface area (Å²) in [5.41, 5.74) is 0. The van der Waals surface area contributed by atoms with Crippen LogP contribution in [0.25, 0.3) is 0 Å². The maximum atomic E-state index is 11.3. The fraction of sp³-hybridized carbons (Fsp3) is 0.667. The minimum atomic E-state index is -4.26. The van der Waals surface area contributed by atoms with Crippen LogP contribution in [0, 0.1) is 0 Å². The van der Waals surface area contributed by atoms with E-state index in [1.807, 2.05) is 0 Å². The van der Waals surface area contributed by atoms with Crippen molar-refractivity contribution in [1.29, 1.82) is 0 Å². The summed E-state index contributed by atoms with van der Waals surface area (Å²) in [5.74, 6) is -2.49. The Balaban J connectivity index is 4.20. The quantitative estimate of drug-likeness (QED) is 0.297. The molecule has 0 radical (unpaired) electrons. The van der Waals surface area contributed by atoms with E-state index in [2.05, 4.69) is 14.8 Å². The van der Waals surface area contributed by atoms with Gasteiger partial charge in [0.15, 0.2) is 6.04 Å². The van der Waals surface area contributed by atoms with Gasteiger partial charge in [0.1, 0.15) is 6.61 Å². The van der Waals surface area contributed by atoms with E-state index in [4.69, 9.17) is 4.55 Å². The van der Waals surface area contributed by atoms with Crippen LogP contribution >= 0.6 is 0 Å². The molecule has 1 atom stereocenters. The minimum absolute atomic E-state index is 0.0899. The molecule has 0 rings (SSSR count). The number of ether oxygens (including phenoxy) is 2. The summed E-state index contributed by atoms with van der Waals surface area (Å²) in [6.07, 6.45) is -0.316. The third-order valence-corrected chi connectivity index (χ3v) is 2.54. The first kappa shape index (κ1) is 17.3. The molecular weight excluding hydrogens is 282 g/mol. The Kier molecular flexibility index (Phi) is 7.68. The Labute approximate surface area is 110 Å². The maximum absolute atomic E-state index is 11.3. The van der Waals surface area contributed by atoms with Gasteiger partial charge < -0.3 is 14.8 Å². The van der Waals surface area contributed by atoms with Gasteiger partial charge in [0.25, 0.3) is 10.1 Å². The van der Waals surface area contributed by atoms with Gasteiger partial charge in [-0.1, -0.05) is 0 Å². The average molecular weight is 297 g/mol. The van der Waals surface area contributed by atoms with Crippen molar-refractivity contribution in [2.75, 3.05) is 19.0 Å². The van der Waals surface area contributed by atoms with Gasteiger partial charge >= 0.3 is 11.9 Å². The van der Waals surface area contributed by atoms with Crippen molar-refractivity contribution >= 4 is 28.5 Å². The van der Waals surface area contributed by atoms with E-state index in [1.54, 1.807) is 6.92 Å². The van der Waals surface area contributed by atoms with Gasteiger partial charge in [0.05, 0.1) is 18.8 Å². The highest BCUT2D eigenvalue weighted by atomic mass is 32.2. The number of rotatable bonds is 9.